The van der Waals surface area contributed by atoms with Crippen molar-refractivity contribution in [3.8, 4) is 28.0 Å². The Morgan fingerprint density at radius 1 is 0.875 bits per heavy atom. The standard InChI is InChI=1S/C28H28F2O2/c1-3-5-24-15-14-23(18-32-24)21-8-6-19(7-9-21)20-10-12-22(13-11-20)25-16-17-26(31-4-2)28(30)27(25)29/h3,5-13,16-17,23-24H,4,14-15,18H2,1-2H3. The highest BCUT2D eigenvalue weighted by molar-refractivity contribution is 5.71. The number of allylic oxidation sites excluding steroid dienone is 1. The largest absolute Gasteiger partial charge is 0.491 e. The van der Waals surface area contributed by atoms with Gasteiger partial charge in [0.25, 0.3) is 0 Å². The van der Waals surface area contributed by atoms with Gasteiger partial charge in [0, 0.05) is 11.5 Å². The van der Waals surface area contributed by atoms with E-state index in [-0.39, 0.29) is 24.0 Å². The molecule has 2 atom stereocenters. The molecule has 2 unspecified atom stereocenters. The van der Waals surface area contributed by atoms with E-state index in [9.17, 15) is 8.78 Å². The predicted octanol–water partition coefficient (Wildman–Crippen LogP) is 7.54. The van der Waals surface area contributed by atoms with Crippen LogP contribution in [0.15, 0.2) is 72.8 Å². The zero-order valence-corrected chi connectivity index (χ0v) is 18.5. The molecule has 0 saturated carbocycles. The first kappa shape index (κ1) is 22.2. The number of ether oxygens (including phenoxy) is 2. The van der Waals surface area contributed by atoms with E-state index < -0.39 is 11.6 Å². The molecule has 0 radical (unpaired) electrons. The van der Waals surface area contributed by atoms with Crippen LogP contribution in [0.3, 0.4) is 0 Å². The van der Waals surface area contributed by atoms with Gasteiger partial charge in [0.2, 0.25) is 5.82 Å². The summed E-state index contributed by atoms with van der Waals surface area (Å²) in [5.41, 5.74) is 4.25. The minimum absolute atomic E-state index is 0.0637. The van der Waals surface area contributed by atoms with Crippen molar-refractivity contribution in [1.29, 1.82) is 0 Å². The van der Waals surface area contributed by atoms with Crippen LogP contribution in [0.25, 0.3) is 22.3 Å². The van der Waals surface area contributed by atoms with E-state index in [1.165, 1.54) is 11.6 Å². The molecule has 1 fully saturated rings. The number of hydrogen-bond donors (Lipinski definition) is 0. The molecule has 0 aliphatic carbocycles. The molecule has 1 heterocycles. The summed E-state index contributed by atoms with van der Waals surface area (Å²) in [5.74, 6) is -1.48. The second-order valence-electron chi connectivity index (χ2n) is 8.04. The maximum absolute atomic E-state index is 14.5. The van der Waals surface area contributed by atoms with Crippen molar-refractivity contribution < 1.29 is 18.3 Å². The number of rotatable bonds is 6. The highest BCUT2D eigenvalue weighted by atomic mass is 19.2. The zero-order chi connectivity index (χ0) is 22.5. The van der Waals surface area contributed by atoms with Crippen molar-refractivity contribution in [1.82, 2.24) is 0 Å². The summed E-state index contributed by atoms with van der Waals surface area (Å²) in [7, 11) is 0. The molecule has 32 heavy (non-hydrogen) atoms. The second kappa shape index (κ2) is 10.1. The third kappa shape index (κ3) is 4.76. The fraction of sp³-hybridized carbons (Fsp3) is 0.286. The Morgan fingerprint density at radius 2 is 1.53 bits per heavy atom. The Labute approximate surface area is 188 Å². The molecule has 3 aromatic carbocycles. The minimum Gasteiger partial charge on any atom is -0.491 e. The first-order valence-electron chi connectivity index (χ1n) is 11.2. The molecule has 0 aromatic heterocycles. The van der Waals surface area contributed by atoms with E-state index in [4.69, 9.17) is 9.47 Å². The third-order valence-electron chi connectivity index (χ3n) is 5.98. The fourth-order valence-electron chi connectivity index (χ4n) is 4.21. The maximum atomic E-state index is 14.5. The van der Waals surface area contributed by atoms with Crippen molar-refractivity contribution in [3.05, 3.63) is 90.0 Å². The van der Waals surface area contributed by atoms with Crippen LogP contribution in [0.2, 0.25) is 0 Å². The fourth-order valence-corrected chi connectivity index (χ4v) is 4.21. The summed E-state index contributed by atoms with van der Waals surface area (Å²) in [6, 6.07) is 19.1. The molecule has 166 valence electrons. The van der Waals surface area contributed by atoms with Gasteiger partial charge in [0.05, 0.1) is 19.3 Å². The number of hydrogen-bond acceptors (Lipinski definition) is 2. The molecule has 0 amide bonds. The SMILES string of the molecule is CC=CC1CCC(c2ccc(-c3ccc(-c4ccc(OCC)c(F)c4F)cc3)cc2)CO1. The Bertz CT molecular complexity index is 1060. The minimum atomic E-state index is -0.951. The van der Waals surface area contributed by atoms with E-state index >= 15 is 0 Å². The number of halogens is 2. The molecule has 2 nitrogen and oxygen atoms in total. The summed E-state index contributed by atoms with van der Waals surface area (Å²) in [5, 5.41) is 0. The first-order valence-corrected chi connectivity index (χ1v) is 11.2. The normalized spacial score (nSPS) is 18.8. The van der Waals surface area contributed by atoms with Gasteiger partial charge in [-0.3, -0.25) is 0 Å². The van der Waals surface area contributed by atoms with Crippen LogP contribution >= 0.6 is 0 Å². The van der Waals surface area contributed by atoms with Gasteiger partial charge < -0.3 is 9.47 Å². The molecule has 0 spiro atoms. The molecule has 1 aliphatic heterocycles. The van der Waals surface area contributed by atoms with Gasteiger partial charge in [-0.15, -0.1) is 0 Å². The van der Waals surface area contributed by atoms with Crippen molar-refractivity contribution >= 4 is 0 Å². The zero-order valence-electron chi connectivity index (χ0n) is 18.5. The van der Waals surface area contributed by atoms with Gasteiger partial charge in [-0.25, -0.2) is 4.39 Å². The summed E-state index contributed by atoms with van der Waals surface area (Å²) in [6.07, 6.45) is 6.57. The molecule has 1 aliphatic rings. The smallest absolute Gasteiger partial charge is 0.201 e. The highest BCUT2D eigenvalue weighted by Gasteiger charge is 2.21. The van der Waals surface area contributed by atoms with Gasteiger partial charge in [-0.05, 0) is 61.1 Å². The molecule has 0 bridgehead atoms. The predicted molar refractivity (Wildman–Crippen MR) is 125 cm³/mol. The summed E-state index contributed by atoms with van der Waals surface area (Å²) >= 11 is 0. The molecule has 4 heteroatoms. The molecule has 3 aromatic rings. The lowest BCUT2D eigenvalue weighted by Gasteiger charge is -2.27. The van der Waals surface area contributed by atoms with Crippen LogP contribution in [0.5, 0.6) is 5.75 Å². The van der Waals surface area contributed by atoms with E-state index in [0.717, 1.165) is 30.6 Å². The Kier molecular flexibility index (Phi) is 7.01. The van der Waals surface area contributed by atoms with Gasteiger partial charge in [0.15, 0.2) is 11.6 Å². The Balaban J connectivity index is 1.47. The van der Waals surface area contributed by atoms with Crippen LogP contribution in [0.1, 0.15) is 38.2 Å². The summed E-state index contributed by atoms with van der Waals surface area (Å²) in [6.45, 7) is 4.79. The topological polar surface area (TPSA) is 18.5 Å². The monoisotopic (exact) mass is 434 g/mol. The van der Waals surface area contributed by atoms with Crippen LogP contribution in [0, 0.1) is 11.6 Å². The van der Waals surface area contributed by atoms with E-state index in [1.54, 1.807) is 13.0 Å². The van der Waals surface area contributed by atoms with Crippen LogP contribution in [-0.2, 0) is 4.74 Å². The summed E-state index contributed by atoms with van der Waals surface area (Å²) < 4.78 is 39.8. The Hall–Kier alpha value is -2.98. The maximum Gasteiger partial charge on any atom is 0.201 e. The number of benzene rings is 3. The average Bonchev–Trinajstić information content (AvgIpc) is 2.83. The molecule has 0 N–H and O–H groups in total. The molecular formula is C28H28F2O2. The first-order chi connectivity index (χ1) is 15.6. The van der Waals surface area contributed by atoms with Crippen LogP contribution in [0.4, 0.5) is 8.78 Å². The Morgan fingerprint density at radius 3 is 2.12 bits per heavy atom. The van der Waals surface area contributed by atoms with Crippen molar-refractivity contribution in [3.63, 3.8) is 0 Å². The van der Waals surface area contributed by atoms with Gasteiger partial charge in [-0.1, -0.05) is 60.7 Å². The van der Waals surface area contributed by atoms with Crippen molar-refractivity contribution in [2.45, 2.75) is 38.7 Å². The van der Waals surface area contributed by atoms with E-state index in [1.807, 2.05) is 37.3 Å². The third-order valence-corrected chi connectivity index (χ3v) is 5.98. The lowest BCUT2D eigenvalue weighted by atomic mass is 9.90. The van der Waals surface area contributed by atoms with Crippen LogP contribution in [-0.4, -0.2) is 19.3 Å². The van der Waals surface area contributed by atoms with Gasteiger partial charge in [-0.2, -0.15) is 4.39 Å². The van der Waals surface area contributed by atoms with Gasteiger partial charge in [0.1, 0.15) is 0 Å². The van der Waals surface area contributed by atoms with E-state index in [2.05, 4.69) is 30.3 Å². The van der Waals surface area contributed by atoms with Gasteiger partial charge >= 0.3 is 0 Å². The molecule has 1 saturated heterocycles. The average molecular weight is 435 g/mol. The van der Waals surface area contributed by atoms with Crippen molar-refractivity contribution in [2.75, 3.05) is 13.2 Å². The molecule has 4 rings (SSSR count). The highest BCUT2D eigenvalue weighted by Crippen LogP contribution is 2.33. The van der Waals surface area contributed by atoms with Crippen molar-refractivity contribution in [2.24, 2.45) is 0 Å². The van der Waals surface area contributed by atoms with Crippen LogP contribution < -0.4 is 4.74 Å². The lowest BCUT2D eigenvalue weighted by molar-refractivity contribution is 0.0326. The lowest BCUT2D eigenvalue weighted by Crippen LogP contribution is -2.23. The van der Waals surface area contributed by atoms with E-state index in [0.29, 0.717) is 11.5 Å². The molecular weight excluding hydrogens is 406 g/mol. The second-order valence-corrected chi connectivity index (χ2v) is 8.04. The quantitative estimate of drug-likeness (QED) is 0.373. The summed E-state index contributed by atoms with van der Waals surface area (Å²) in [4.78, 5) is 0.